The molecule has 0 aromatic heterocycles. The summed E-state index contributed by atoms with van der Waals surface area (Å²) in [6, 6.07) is 23.8. The summed E-state index contributed by atoms with van der Waals surface area (Å²) in [5, 5.41) is 2.71. The summed E-state index contributed by atoms with van der Waals surface area (Å²) in [5.41, 5.74) is 2.62. The van der Waals surface area contributed by atoms with Crippen molar-refractivity contribution in [1.29, 1.82) is 0 Å². The molecule has 28 heavy (non-hydrogen) atoms. The van der Waals surface area contributed by atoms with Gasteiger partial charge in [-0.1, -0.05) is 60.7 Å². The van der Waals surface area contributed by atoms with E-state index in [9.17, 15) is 9.59 Å². The van der Waals surface area contributed by atoms with Crippen LogP contribution in [0.4, 0.5) is 5.69 Å². The van der Waals surface area contributed by atoms with Crippen molar-refractivity contribution in [2.45, 2.75) is 6.92 Å². The number of amides is 1. The Morgan fingerprint density at radius 1 is 0.857 bits per heavy atom. The lowest BCUT2D eigenvalue weighted by Gasteiger charge is -2.12. The van der Waals surface area contributed by atoms with E-state index in [-0.39, 0.29) is 6.61 Å². The quantitative estimate of drug-likeness (QED) is 0.616. The van der Waals surface area contributed by atoms with E-state index in [4.69, 9.17) is 9.47 Å². The first-order chi connectivity index (χ1) is 13.7. The Morgan fingerprint density at radius 3 is 2.32 bits per heavy atom. The summed E-state index contributed by atoms with van der Waals surface area (Å²) in [5.74, 6) is -0.413. The van der Waals surface area contributed by atoms with Crippen LogP contribution >= 0.6 is 0 Å². The van der Waals surface area contributed by atoms with Gasteiger partial charge >= 0.3 is 5.97 Å². The maximum absolute atomic E-state index is 12.5. The second-order valence-electron chi connectivity index (χ2n) is 5.97. The number of carbonyl (C=O) groups excluding carboxylic acids is 2. The lowest BCUT2D eigenvalue weighted by molar-refractivity contribution is -0.119. The van der Waals surface area contributed by atoms with Gasteiger partial charge in [-0.25, -0.2) is 4.79 Å². The van der Waals surface area contributed by atoms with Crippen molar-refractivity contribution in [3.05, 3.63) is 84.4 Å². The average molecular weight is 375 g/mol. The number of hydrogen-bond acceptors (Lipinski definition) is 4. The summed E-state index contributed by atoms with van der Waals surface area (Å²) in [4.78, 5) is 24.8. The Hall–Kier alpha value is -3.60. The molecule has 142 valence electrons. The first-order valence-corrected chi connectivity index (χ1v) is 9.02. The zero-order valence-corrected chi connectivity index (χ0v) is 15.6. The minimum atomic E-state index is -0.548. The molecule has 0 bridgehead atoms. The Labute approximate surface area is 163 Å². The monoisotopic (exact) mass is 375 g/mol. The molecule has 0 aliphatic carbocycles. The number of para-hydroxylation sites is 2. The van der Waals surface area contributed by atoms with Crippen LogP contribution in [0.25, 0.3) is 11.1 Å². The molecule has 0 saturated heterocycles. The molecule has 1 N–H and O–H groups in total. The number of nitrogens with one attached hydrogen (secondary N) is 1. The van der Waals surface area contributed by atoms with Crippen LogP contribution in [0.1, 0.15) is 17.3 Å². The van der Waals surface area contributed by atoms with E-state index in [1.54, 1.807) is 30.3 Å². The molecule has 5 heteroatoms. The van der Waals surface area contributed by atoms with E-state index >= 15 is 0 Å². The van der Waals surface area contributed by atoms with Gasteiger partial charge in [0.1, 0.15) is 5.75 Å². The Balaban J connectivity index is 1.66. The fourth-order valence-corrected chi connectivity index (χ4v) is 2.78. The van der Waals surface area contributed by atoms with Gasteiger partial charge in [0.25, 0.3) is 5.91 Å². The Bertz CT molecular complexity index is 954. The molecular formula is C23H21NO4. The van der Waals surface area contributed by atoms with Gasteiger partial charge in [-0.05, 0) is 36.2 Å². The Morgan fingerprint density at radius 2 is 1.54 bits per heavy atom. The molecule has 0 unspecified atom stereocenters. The zero-order valence-electron chi connectivity index (χ0n) is 15.6. The fourth-order valence-electron chi connectivity index (χ4n) is 2.78. The zero-order chi connectivity index (χ0) is 19.8. The summed E-state index contributed by atoms with van der Waals surface area (Å²) >= 11 is 0. The number of anilines is 1. The third kappa shape index (κ3) is 4.76. The fraction of sp³-hybridized carbons (Fsp3) is 0.130. The highest BCUT2D eigenvalue weighted by Gasteiger charge is 2.16. The summed E-state index contributed by atoms with van der Waals surface area (Å²) < 4.78 is 10.7. The van der Waals surface area contributed by atoms with Crippen LogP contribution < -0.4 is 10.1 Å². The predicted molar refractivity (Wildman–Crippen MR) is 108 cm³/mol. The van der Waals surface area contributed by atoms with Crippen molar-refractivity contribution in [2.75, 3.05) is 18.5 Å². The van der Waals surface area contributed by atoms with Crippen LogP contribution in [0, 0.1) is 0 Å². The maximum atomic E-state index is 12.5. The van der Waals surface area contributed by atoms with Crippen molar-refractivity contribution in [3.63, 3.8) is 0 Å². The molecule has 0 radical (unpaired) electrons. The van der Waals surface area contributed by atoms with Crippen LogP contribution in [-0.4, -0.2) is 25.1 Å². The van der Waals surface area contributed by atoms with E-state index in [0.29, 0.717) is 23.6 Å². The summed E-state index contributed by atoms with van der Waals surface area (Å²) in [6.07, 6.45) is 0. The number of carbonyl (C=O) groups is 2. The molecule has 3 aromatic rings. The molecule has 0 heterocycles. The lowest BCUT2D eigenvalue weighted by Crippen LogP contribution is -2.21. The predicted octanol–water partition coefficient (Wildman–Crippen LogP) is 4.55. The molecule has 0 fully saturated rings. The number of rotatable bonds is 7. The highest BCUT2D eigenvalue weighted by molar-refractivity contribution is 5.99. The third-order valence-corrected chi connectivity index (χ3v) is 4.03. The summed E-state index contributed by atoms with van der Waals surface area (Å²) in [6.45, 7) is 1.96. The normalized spacial score (nSPS) is 10.2. The van der Waals surface area contributed by atoms with Crippen LogP contribution in [0.5, 0.6) is 5.75 Å². The molecule has 0 atom stereocenters. The second kappa shape index (κ2) is 9.37. The van der Waals surface area contributed by atoms with Crippen molar-refractivity contribution in [2.24, 2.45) is 0 Å². The molecule has 5 nitrogen and oxygen atoms in total. The van der Waals surface area contributed by atoms with Crippen molar-refractivity contribution < 1.29 is 19.1 Å². The number of benzene rings is 3. The van der Waals surface area contributed by atoms with E-state index in [2.05, 4.69) is 5.32 Å². The lowest BCUT2D eigenvalue weighted by atomic mass is 10.00. The topological polar surface area (TPSA) is 64.6 Å². The number of ether oxygens (including phenoxy) is 2. The van der Waals surface area contributed by atoms with Gasteiger partial charge in [0.05, 0.1) is 17.9 Å². The highest BCUT2D eigenvalue weighted by atomic mass is 16.5. The molecule has 0 aliphatic rings. The molecule has 3 rings (SSSR count). The van der Waals surface area contributed by atoms with Crippen molar-refractivity contribution >= 4 is 17.6 Å². The van der Waals surface area contributed by atoms with Crippen LogP contribution in [0.15, 0.2) is 78.9 Å². The van der Waals surface area contributed by atoms with Gasteiger partial charge in [0.15, 0.2) is 6.61 Å². The summed E-state index contributed by atoms with van der Waals surface area (Å²) in [7, 11) is 0. The standard InChI is InChI=1S/C23H21NO4/c1-2-27-21-15-9-8-14-20(21)24-22(25)16-28-23(26)19-13-7-6-12-18(19)17-10-4-3-5-11-17/h3-15H,2,16H2,1H3,(H,24,25). The average Bonchev–Trinajstić information content (AvgIpc) is 2.74. The van der Waals surface area contributed by atoms with Crippen molar-refractivity contribution in [3.8, 4) is 16.9 Å². The second-order valence-corrected chi connectivity index (χ2v) is 5.97. The van der Waals surface area contributed by atoms with Gasteiger partial charge in [0.2, 0.25) is 0 Å². The number of esters is 1. The molecule has 1 amide bonds. The molecule has 0 spiro atoms. The molecule has 0 saturated carbocycles. The van der Waals surface area contributed by atoms with E-state index in [0.717, 1.165) is 11.1 Å². The van der Waals surface area contributed by atoms with Gasteiger partial charge in [-0.2, -0.15) is 0 Å². The largest absolute Gasteiger partial charge is 0.492 e. The smallest absolute Gasteiger partial charge is 0.339 e. The van der Waals surface area contributed by atoms with Gasteiger partial charge in [0, 0.05) is 0 Å². The number of hydrogen-bond donors (Lipinski definition) is 1. The SMILES string of the molecule is CCOc1ccccc1NC(=O)COC(=O)c1ccccc1-c1ccccc1. The molecule has 3 aromatic carbocycles. The molecule has 0 aliphatic heterocycles. The van der Waals surface area contributed by atoms with Gasteiger partial charge in [-0.3, -0.25) is 4.79 Å². The first kappa shape index (κ1) is 19.2. The first-order valence-electron chi connectivity index (χ1n) is 9.02. The van der Waals surface area contributed by atoms with Crippen molar-refractivity contribution in [1.82, 2.24) is 0 Å². The van der Waals surface area contributed by atoms with Crippen LogP contribution in [-0.2, 0) is 9.53 Å². The minimum Gasteiger partial charge on any atom is -0.492 e. The molecular weight excluding hydrogens is 354 g/mol. The van der Waals surface area contributed by atoms with Gasteiger partial charge in [-0.15, -0.1) is 0 Å². The third-order valence-electron chi connectivity index (χ3n) is 4.03. The van der Waals surface area contributed by atoms with E-state index < -0.39 is 11.9 Å². The van der Waals surface area contributed by atoms with E-state index in [1.807, 2.05) is 55.5 Å². The van der Waals surface area contributed by atoms with Crippen LogP contribution in [0.2, 0.25) is 0 Å². The maximum Gasteiger partial charge on any atom is 0.339 e. The highest BCUT2D eigenvalue weighted by Crippen LogP contribution is 2.25. The van der Waals surface area contributed by atoms with Crippen LogP contribution in [0.3, 0.4) is 0 Å². The Kier molecular flexibility index (Phi) is 6.41. The van der Waals surface area contributed by atoms with E-state index in [1.165, 1.54) is 0 Å². The van der Waals surface area contributed by atoms with Gasteiger partial charge < -0.3 is 14.8 Å². The minimum absolute atomic E-state index is 0.386.